The number of rotatable bonds is 4. The smallest absolute Gasteiger partial charge is 0.230 e. The number of aromatic nitrogens is 1. The van der Waals surface area contributed by atoms with Crippen LogP contribution in [0.15, 0.2) is 40.4 Å². The van der Waals surface area contributed by atoms with Gasteiger partial charge >= 0.3 is 0 Å². The Morgan fingerprint density at radius 1 is 1.32 bits per heavy atom. The van der Waals surface area contributed by atoms with Crippen molar-refractivity contribution in [3.05, 3.63) is 56.7 Å². The number of hydrogen-bond donors (Lipinski definition) is 1. The average molecular weight is 349 g/mol. The first kappa shape index (κ1) is 15.2. The van der Waals surface area contributed by atoms with Gasteiger partial charge in [-0.1, -0.05) is 17.7 Å². The van der Waals surface area contributed by atoms with Crippen LogP contribution in [0.4, 0.5) is 5.69 Å². The molecule has 3 nitrogen and oxygen atoms in total. The molecule has 2 heterocycles. The lowest BCUT2D eigenvalue weighted by Gasteiger charge is -2.05. The Morgan fingerprint density at radius 3 is 2.91 bits per heavy atom. The van der Waals surface area contributed by atoms with Gasteiger partial charge in [-0.3, -0.25) is 4.79 Å². The molecule has 0 aliphatic rings. The van der Waals surface area contributed by atoms with Gasteiger partial charge in [0.15, 0.2) is 0 Å². The Morgan fingerprint density at radius 2 is 2.18 bits per heavy atom. The van der Waals surface area contributed by atoms with E-state index < -0.39 is 0 Å². The Hall–Kier alpha value is -1.69. The predicted octanol–water partition coefficient (Wildman–Crippen LogP) is 5.01. The van der Waals surface area contributed by atoms with Crippen LogP contribution in [0.25, 0.3) is 10.6 Å². The van der Waals surface area contributed by atoms with Crippen LogP contribution in [0.2, 0.25) is 5.02 Å². The molecule has 0 radical (unpaired) electrons. The summed E-state index contributed by atoms with van der Waals surface area (Å²) in [5, 5.41) is 10.4. The normalized spacial score (nSPS) is 10.6. The molecule has 6 heteroatoms. The molecule has 3 rings (SSSR count). The van der Waals surface area contributed by atoms with Crippen LogP contribution in [0.1, 0.15) is 11.3 Å². The van der Waals surface area contributed by atoms with E-state index in [1.807, 2.05) is 35.9 Å². The van der Waals surface area contributed by atoms with Gasteiger partial charge in [-0.15, -0.1) is 11.3 Å². The zero-order valence-electron chi connectivity index (χ0n) is 11.8. The number of amides is 1. The Bertz CT molecular complexity index is 796. The minimum absolute atomic E-state index is 0.0953. The molecule has 0 saturated carbocycles. The number of hydrogen-bond acceptors (Lipinski definition) is 4. The van der Waals surface area contributed by atoms with Gasteiger partial charge in [0.2, 0.25) is 5.91 Å². The largest absolute Gasteiger partial charge is 0.326 e. The van der Waals surface area contributed by atoms with E-state index in [0.717, 1.165) is 21.8 Å². The van der Waals surface area contributed by atoms with Gasteiger partial charge in [0, 0.05) is 27.0 Å². The second kappa shape index (κ2) is 6.60. The fourth-order valence-electron chi connectivity index (χ4n) is 1.95. The predicted molar refractivity (Wildman–Crippen MR) is 93.9 cm³/mol. The molecule has 0 aliphatic carbocycles. The molecule has 0 bridgehead atoms. The molecule has 3 aromatic rings. The van der Waals surface area contributed by atoms with Crippen molar-refractivity contribution in [3.8, 4) is 10.6 Å². The third-order valence-corrected chi connectivity index (χ3v) is 5.15. The van der Waals surface area contributed by atoms with E-state index in [4.69, 9.17) is 11.6 Å². The molecule has 112 valence electrons. The fraction of sp³-hybridized carbons (Fsp3) is 0.125. The van der Waals surface area contributed by atoms with Crippen molar-refractivity contribution in [1.29, 1.82) is 0 Å². The summed E-state index contributed by atoms with van der Waals surface area (Å²) in [5.41, 5.74) is 3.57. The molecular formula is C16H13ClN2OS2. The van der Waals surface area contributed by atoms with Gasteiger partial charge in [-0.05, 0) is 36.1 Å². The summed E-state index contributed by atoms with van der Waals surface area (Å²) in [6, 6.07) is 7.51. The highest BCUT2D eigenvalue weighted by atomic mass is 35.5. The summed E-state index contributed by atoms with van der Waals surface area (Å²) in [6.45, 7) is 1.93. The van der Waals surface area contributed by atoms with E-state index in [-0.39, 0.29) is 12.3 Å². The minimum Gasteiger partial charge on any atom is -0.326 e. The quantitative estimate of drug-likeness (QED) is 0.719. The number of aryl methyl sites for hydroxylation is 1. The first-order valence-electron chi connectivity index (χ1n) is 6.65. The fourth-order valence-corrected chi connectivity index (χ4v) is 3.66. The van der Waals surface area contributed by atoms with Crippen molar-refractivity contribution < 1.29 is 4.79 Å². The lowest BCUT2D eigenvalue weighted by molar-refractivity contribution is -0.115. The Labute approximate surface area is 141 Å². The first-order valence-corrected chi connectivity index (χ1v) is 8.85. The third kappa shape index (κ3) is 3.55. The van der Waals surface area contributed by atoms with Gasteiger partial charge in [-0.2, -0.15) is 11.3 Å². The summed E-state index contributed by atoms with van der Waals surface area (Å²) in [5.74, 6) is -0.0953. The van der Waals surface area contributed by atoms with E-state index in [9.17, 15) is 4.79 Å². The lowest BCUT2D eigenvalue weighted by atomic mass is 10.2. The molecule has 2 aromatic heterocycles. The number of nitrogens with zero attached hydrogens (tertiary/aromatic N) is 1. The van der Waals surface area contributed by atoms with E-state index >= 15 is 0 Å². The van der Waals surface area contributed by atoms with E-state index in [0.29, 0.717) is 10.7 Å². The molecule has 0 saturated heterocycles. The molecule has 0 unspecified atom stereocenters. The van der Waals surface area contributed by atoms with Gasteiger partial charge in [-0.25, -0.2) is 4.98 Å². The molecule has 1 amide bonds. The Balaban J connectivity index is 1.65. The third-order valence-electron chi connectivity index (χ3n) is 3.12. The summed E-state index contributed by atoms with van der Waals surface area (Å²) in [6.07, 6.45) is 0.256. The molecule has 0 atom stereocenters. The van der Waals surface area contributed by atoms with Gasteiger partial charge < -0.3 is 5.32 Å². The van der Waals surface area contributed by atoms with Crippen LogP contribution in [-0.4, -0.2) is 10.9 Å². The van der Waals surface area contributed by atoms with Crippen LogP contribution < -0.4 is 5.32 Å². The second-order valence-corrected chi connectivity index (χ2v) is 6.89. The number of halogens is 1. The first-order chi connectivity index (χ1) is 10.6. The standard InChI is InChI=1S/C16H13ClN2OS2/c1-10-2-3-12(6-14(10)17)18-15(20)7-13-9-22-16(19-13)11-4-5-21-8-11/h2-6,8-9H,7H2,1H3,(H,18,20). The maximum absolute atomic E-state index is 12.1. The second-order valence-electron chi connectivity index (χ2n) is 4.84. The van der Waals surface area contributed by atoms with Crippen LogP contribution in [-0.2, 0) is 11.2 Å². The molecule has 0 spiro atoms. The van der Waals surface area contributed by atoms with Gasteiger partial charge in [0.1, 0.15) is 5.01 Å². The van der Waals surface area contributed by atoms with E-state index in [1.54, 1.807) is 28.7 Å². The highest BCUT2D eigenvalue weighted by molar-refractivity contribution is 7.14. The highest BCUT2D eigenvalue weighted by Crippen LogP contribution is 2.26. The van der Waals surface area contributed by atoms with Crippen LogP contribution >= 0.6 is 34.3 Å². The number of carbonyl (C=O) groups excluding carboxylic acids is 1. The van der Waals surface area contributed by atoms with Crippen LogP contribution in [0.5, 0.6) is 0 Å². The number of thiazole rings is 1. The molecule has 1 aromatic carbocycles. The Kier molecular flexibility index (Phi) is 4.57. The summed E-state index contributed by atoms with van der Waals surface area (Å²) < 4.78 is 0. The summed E-state index contributed by atoms with van der Waals surface area (Å²) in [7, 11) is 0. The number of thiophene rings is 1. The molecule has 0 aliphatic heterocycles. The molecular weight excluding hydrogens is 336 g/mol. The van der Waals surface area contributed by atoms with Crippen LogP contribution in [0, 0.1) is 6.92 Å². The number of anilines is 1. The number of carbonyl (C=O) groups is 1. The van der Waals surface area contributed by atoms with Gasteiger partial charge in [0.05, 0.1) is 12.1 Å². The molecule has 22 heavy (non-hydrogen) atoms. The van der Waals surface area contributed by atoms with E-state index in [2.05, 4.69) is 15.7 Å². The van der Waals surface area contributed by atoms with Crippen molar-refractivity contribution in [1.82, 2.24) is 4.98 Å². The zero-order valence-corrected chi connectivity index (χ0v) is 14.2. The monoisotopic (exact) mass is 348 g/mol. The molecule has 0 fully saturated rings. The topological polar surface area (TPSA) is 42.0 Å². The SMILES string of the molecule is Cc1ccc(NC(=O)Cc2csc(-c3ccsc3)n2)cc1Cl. The maximum Gasteiger partial charge on any atom is 0.230 e. The minimum atomic E-state index is -0.0953. The van der Waals surface area contributed by atoms with Crippen molar-refractivity contribution in [2.45, 2.75) is 13.3 Å². The van der Waals surface area contributed by atoms with E-state index in [1.165, 1.54) is 0 Å². The maximum atomic E-state index is 12.1. The highest BCUT2D eigenvalue weighted by Gasteiger charge is 2.10. The number of benzene rings is 1. The molecule has 1 N–H and O–H groups in total. The van der Waals surface area contributed by atoms with Gasteiger partial charge in [0.25, 0.3) is 0 Å². The van der Waals surface area contributed by atoms with Crippen molar-refractivity contribution >= 4 is 45.9 Å². The van der Waals surface area contributed by atoms with Crippen molar-refractivity contribution in [3.63, 3.8) is 0 Å². The summed E-state index contributed by atoms with van der Waals surface area (Å²) >= 11 is 9.25. The number of nitrogens with one attached hydrogen (secondary N) is 1. The zero-order chi connectivity index (χ0) is 15.5. The summed E-state index contributed by atoms with van der Waals surface area (Å²) in [4.78, 5) is 16.6. The van der Waals surface area contributed by atoms with Crippen molar-refractivity contribution in [2.24, 2.45) is 0 Å². The lowest BCUT2D eigenvalue weighted by Crippen LogP contribution is -2.14. The van der Waals surface area contributed by atoms with Crippen LogP contribution in [0.3, 0.4) is 0 Å². The average Bonchev–Trinajstić information content (AvgIpc) is 3.13. The van der Waals surface area contributed by atoms with Crippen molar-refractivity contribution in [2.75, 3.05) is 5.32 Å².